The molecule has 1 aliphatic rings. The van der Waals surface area contributed by atoms with E-state index in [0.29, 0.717) is 0 Å². The summed E-state index contributed by atoms with van der Waals surface area (Å²) in [5, 5.41) is 0. The average molecular weight is 475 g/mol. The van der Waals surface area contributed by atoms with Crippen molar-refractivity contribution >= 4 is 23.9 Å². The minimum atomic E-state index is -1.24. The summed E-state index contributed by atoms with van der Waals surface area (Å²) in [6.45, 7) is 12.9. The third-order valence-electron chi connectivity index (χ3n) is 4.86. The van der Waals surface area contributed by atoms with Crippen LogP contribution in [-0.2, 0) is 47.6 Å². The van der Waals surface area contributed by atoms with Gasteiger partial charge in [0, 0.05) is 7.11 Å². The minimum Gasteiger partial charge on any atom is -0.463 e. The number of carbonyl (C=O) groups excluding carboxylic acids is 4. The molecule has 1 heterocycles. The zero-order valence-corrected chi connectivity index (χ0v) is 21.0. The van der Waals surface area contributed by atoms with Crippen LogP contribution in [0.4, 0.5) is 0 Å². The number of methoxy groups -OCH3 is 1. The van der Waals surface area contributed by atoms with Crippen molar-refractivity contribution in [2.24, 2.45) is 23.7 Å². The van der Waals surface area contributed by atoms with E-state index in [4.69, 9.17) is 28.4 Å². The highest BCUT2D eigenvalue weighted by Crippen LogP contribution is 2.31. The Morgan fingerprint density at radius 1 is 0.636 bits per heavy atom. The number of hydrogen-bond donors (Lipinski definition) is 0. The molecule has 5 atom stereocenters. The van der Waals surface area contributed by atoms with Crippen LogP contribution in [0.15, 0.2) is 0 Å². The predicted octanol–water partition coefficient (Wildman–Crippen LogP) is 2.26. The van der Waals surface area contributed by atoms with Crippen LogP contribution in [0, 0.1) is 23.7 Å². The van der Waals surface area contributed by atoms with Crippen LogP contribution in [0.2, 0.25) is 0 Å². The van der Waals surface area contributed by atoms with E-state index in [1.807, 2.05) is 0 Å². The smallest absolute Gasteiger partial charge is 0.308 e. The molecule has 0 radical (unpaired) electrons. The average Bonchev–Trinajstić information content (AvgIpc) is 2.73. The minimum absolute atomic E-state index is 0.284. The van der Waals surface area contributed by atoms with Crippen molar-refractivity contribution in [3.8, 4) is 0 Å². The van der Waals surface area contributed by atoms with Gasteiger partial charge in [0.25, 0.3) is 0 Å². The Bertz CT molecular complexity index is 685. The summed E-state index contributed by atoms with van der Waals surface area (Å²) in [5.74, 6) is -4.11. The Morgan fingerprint density at radius 3 is 1.42 bits per heavy atom. The molecule has 1 rings (SSSR count). The van der Waals surface area contributed by atoms with Crippen molar-refractivity contribution in [3.05, 3.63) is 0 Å². The highest BCUT2D eigenvalue weighted by atomic mass is 16.7. The van der Waals surface area contributed by atoms with Gasteiger partial charge in [-0.3, -0.25) is 19.2 Å². The van der Waals surface area contributed by atoms with Gasteiger partial charge in [-0.15, -0.1) is 0 Å². The number of esters is 4. The van der Waals surface area contributed by atoms with Gasteiger partial charge in [0.05, 0.1) is 23.7 Å². The molecule has 10 heteroatoms. The summed E-state index contributed by atoms with van der Waals surface area (Å²) in [6.07, 6.45) is -5.85. The van der Waals surface area contributed by atoms with Gasteiger partial charge in [0.1, 0.15) is 12.7 Å². The van der Waals surface area contributed by atoms with Crippen LogP contribution in [0.1, 0.15) is 55.4 Å². The molecule has 33 heavy (non-hydrogen) atoms. The van der Waals surface area contributed by atoms with Crippen LogP contribution in [0.5, 0.6) is 0 Å². The standard InChI is InChI=1S/C23H38O10/c1-11(2)19(24)29-10-15-16(31-20(25)12(3)4)17(32-21(26)13(5)6)18(23(28-9)30-15)33-22(27)14(7)8/h11-18,23H,10H2,1-9H3/t15-,16-,17+,18-,23+/m1/s1. The lowest BCUT2D eigenvalue weighted by atomic mass is 9.97. The maximum atomic E-state index is 12.5. The van der Waals surface area contributed by atoms with E-state index in [1.165, 1.54) is 7.11 Å². The van der Waals surface area contributed by atoms with Gasteiger partial charge in [-0.05, 0) is 0 Å². The van der Waals surface area contributed by atoms with E-state index in [1.54, 1.807) is 55.4 Å². The molecule has 0 spiro atoms. The van der Waals surface area contributed by atoms with Gasteiger partial charge in [0.15, 0.2) is 24.6 Å². The van der Waals surface area contributed by atoms with Crippen molar-refractivity contribution in [2.45, 2.75) is 86.1 Å². The second-order valence-corrected chi connectivity index (χ2v) is 9.23. The molecular formula is C23H38O10. The first-order chi connectivity index (χ1) is 15.3. The second-order valence-electron chi connectivity index (χ2n) is 9.23. The molecule has 1 fully saturated rings. The Balaban J connectivity index is 3.40. The van der Waals surface area contributed by atoms with Crippen molar-refractivity contribution in [2.75, 3.05) is 13.7 Å². The topological polar surface area (TPSA) is 124 Å². The summed E-state index contributed by atoms with van der Waals surface area (Å²) in [7, 11) is 1.33. The van der Waals surface area contributed by atoms with Gasteiger partial charge in [-0.25, -0.2) is 0 Å². The molecule has 190 valence electrons. The maximum absolute atomic E-state index is 12.5. The first-order valence-corrected chi connectivity index (χ1v) is 11.3. The molecule has 0 amide bonds. The molecular weight excluding hydrogens is 436 g/mol. The van der Waals surface area contributed by atoms with E-state index in [9.17, 15) is 19.2 Å². The van der Waals surface area contributed by atoms with Crippen molar-refractivity contribution in [1.82, 2.24) is 0 Å². The maximum Gasteiger partial charge on any atom is 0.308 e. The fraction of sp³-hybridized carbons (Fsp3) is 0.826. The van der Waals surface area contributed by atoms with Gasteiger partial charge in [0.2, 0.25) is 0 Å². The van der Waals surface area contributed by atoms with Gasteiger partial charge in [-0.2, -0.15) is 0 Å². The van der Waals surface area contributed by atoms with Gasteiger partial charge in [-0.1, -0.05) is 55.4 Å². The zero-order valence-electron chi connectivity index (χ0n) is 21.0. The summed E-state index contributed by atoms with van der Waals surface area (Å²) in [5.41, 5.74) is 0. The summed E-state index contributed by atoms with van der Waals surface area (Å²) in [4.78, 5) is 49.5. The van der Waals surface area contributed by atoms with E-state index < -0.39 is 78.3 Å². The second kappa shape index (κ2) is 12.9. The summed E-state index contributed by atoms with van der Waals surface area (Å²) < 4.78 is 33.4. The molecule has 0 unspecified atom stereocenters. The van der Waals surface area contributed by atoms with Crippen molar-refractivity contribution < 1.29 is 47.6 Å². The van der Waals surface area contributed by atoms with Crippen molar-refractivity contribution in [1.29, 1.82) is 0 Å². The largest absolute Gasteiger partial charge is 0.463 e. The van der Waals surface area contributed by atoms with Gasteiger partial charge < -0.3 is 28.4 Å². The van der Waals surface area contributed by atoms with Crippen LogP contribution in [-0.4, -0.2) is 68.3 Å². The van der Waals surface area contributed by atoms with Crippen LogP contribution in [0.25, 0.3) is 0 Å². The Kier molecular flexibility index (Phi) is 11.3. The molecule has 0 N–H and O–H groups in total. The molecule has 0 saturated carbocycles. The fourth-order valence-corrected chi connectivity index (χ4v) is 2.75. The predicted molar refractivity (Wildman–Crippen MR) is 116 cm³/mol. The van der Waals surface area contributed by atoms with E-state index in [0.717, 1.165) is 0 Å². The molecule has 1 aliphatic heterocycles. The van der Waals surface area contributed by atoms with Crippen molar-refractivity contribution in [3.63, 3.8) is 0 Å². The molecule has 0 aromatic rings. The fourth-order valence-electron chi connectivity index (χ4n) is 2.75. The molecule has 1 saturated heterocycles. The first-order valence-electron chi connectivity index (χ1n) is 11.3. The third kappa shape index (κ3) is 8.26. The van der Waals surface area contributed by atoms with Crippen LogP contribution in [0.3, 0.4) is 0 Å². The lowest BCUT2D eigenvalue weighted by Crippen LogP contribution is -2.63. The Morgan fingerprint density at radius 2 is 1.03 bits per heavy atom. The van der Waals surface area contributed by atoms with E-state index in [2.05, 4.69) is 0 Å². The lowest BCUT2D eigenvalue weighted by Gasteiger charge is -2.44. The van der Waals surface area contributed by atoms with E-state index in [-0.39, 0.29) is 6.61 Å². The van der Waals surface area contributed by atoms with Crippen LogP contribution < -0.4 is 0 Å². The molecule has 0 aromatic carbocycles. The SMILES string of the molecule is CO[C@H]1O[C@H](COC(=O)C(C)C)[C@@H](OC(=O)C(C)C)[C@H](OC(=O)C(C)C)[C@H]1OC(=O)C(C)C. The Labute approximate surface area is 195 Å². The highest BCUT2D eigenvalue weighted by Gasteiger charge is 2.53. The first kappa shape index (κ1) is 28.8. The number of carbonyl (C=O) groups is 4. The normalized spacial score (nSPS) is 25.3. The molecule has 0 bridgehead atoms. The number of hydrogen-bond acceptors (Lipinski definition) is 10. The van der Waals surface area contributed by atoms with Crippen LogP contribution >= 0.6 is 0 Å². The number of ether oxygens (including phenoxy) is 6. The van der Waals surface area contributed by atoms with Gasteiger partial charge >= 0.3 is 23.9 Å². The monoisotopic (exact) mass is 474 g/mol. The third-order valence-corrected chi connectivity index (χ3v) is 4.86. The van der Waals surface area contributed by atoms with E-state index >= 15 is 0 Å². The highest BCUT2D eigenvalue weighted by molar-refractivity contribution is 5.74. The molecule has 10 nitrogen and oxygen atoms in total. The molecule has 0 aliphatic carbocycles. The summed E-state index contributed by atoms with van der Waals surface area (Å²) >= 11 is 0. The summed E-state index contributed by atoms with van der Waals surface area (Å²) in [6, 6.07) is 0. The number of rotatable bonds is 10. The lowest BCUT2D eigenvalue weighted by molar-refractivity contribution is -0.304. The quantitative estimate of drug-likeness (QED) is 0.344. The zero-order chi connectivity index (χ0) is 25.5. The Hall–Kier alpha value is -2.20. The molecule has 0 aromatic heterocycles.